The van der Waals surface area contributed by atoms with Crippen molar-refractivity contribution in [1.82, 2.24) is 10.2 Å². The predicted octanol–water partition coefficient (Wildman–Crippen LogP) is 0.394. The van der Waals surface area contributed by atoms with Crippen molar-refractivity contribution in [3.8, 4) is 0 Å². The van der Waals surface area contributed by atoms with Gasteiger partial charge in [0, 0.05) is 43.5 Å². The molecular weight excluding hydrogens is 271 g/mol. The predicted molar refractivity (Wildman–Crippen MR) is 50.4 cm³/mol. The third kappa shape index (κ3) is 2.06. The van der Waals surface area contributed by atoms with Gasteiger partial charge < -0.3 is 15.0 Å². The number of benzene rings is 1. The molecule has 1 radical (unpaired) electrons. The van der Waals surface area contributed by atoms with Gasteiger partial charge in [0.05, 0.1) is 12.1 Å². The first-order valence-corrected chi connectivity index (χ1v) is 3.79. The number of rotatable bonds is 0. The summed E-state index contributed by atoms with van der Waals surface area (Å²) in [5.74, 6) is 0. The topological polar surface area (TPSA) is 68.4 Å². The van der Waals surface area contributed by atoms with Crippen molar-refractivity contribution in [3.63, 3.8) is 0 Å². The van der Waals surface area contributed by atoms with Gasteiger partial charge in [-0.3, -0.25) is 4.79 Å². The van der Waals surface area contributed by atoms with E-state index in [-0.39, 0.29) is 43.5 Å². The van der Waals surface area contributed by atoms with Crippen LogP contribution in [-0.2, 0) is 32.7 Å². The molecule has 0 atom stereocenters. The number of aromatic amines is 1. The summed E-state index contributed by atoms with van der Waals surface area (Å²) in [7, 11) is 0. The Morgan fingerprint density at radius 3 is 2.67 bits per heavy atom. The quantitative estimate of drug-likeness (QED) is 0.707. The van der Waals surface area contributed by atoms with E-state index in [2.05, 4.69) is 15.0 Å². The Morgan fingerprint density at radius 2 is 2.00 bits per heavy atom. The van der Waals surface area contributed by atoms with Gasteiger partial charge >= 0.3 is 0 Å². The summed E-state index contributed by atoms with van der Waals surface area (Å²) in [5.41, 5.74) is -0.616. The van der Waals surface area contributed by atoms with Gasteiger partial charge in [-0.1, -0.05) is 12.1 Å². The minimum Gasteiger partial charge on any atom is -0.560 e. The minimum absolute atomic E-state index is 0. The fraction of sp³-hybridized carbons (Fsp3) is 0. The van der Waals surface area contributed by atoms with E-state index in [1.54, 1.807) is 0 Å². The Balaban J connectivity index is 0.00000112. The van der Waals surface area contributed by atoms with E-state index >= 15 is 0 Å². The van der Waals surface area contributed by atoms with E-state index in [9.17, 15) is 9.59 Å². The number of nitrogens with one attached hydrogen (secondary N) is 1. The molecule has 0 amide bonds. The Bertz CT molecular complexity index is 651. The van der Waals surface area contributed by atoms with Crippen LogP contribution in [0.2, 0.25) is 0 Å². The van der Waals surface area contributed by atoms with Crippen LogP contribution in [0.1, 0.15) is 0 Å². The average Bonchev–Trinajstić information content (AvgIpc) is 2.23. The summed E-state index contributed by atoms with van der Waals surface area (Å²) in [6.07, 6.45) is 0. The minimum atomic E-state index is -0.490. The van der Waals surface area contributed by atoms with Crippen LogP contribution in [0.3, 0.4) is 0 Å². The van der Waals surface area contributed by atoms with E-state index in [1.807, 2.05) is 0 Å². The second-order valence-corrected chi connectivity index (χ2v) is 2.70. The molecule has 6 heteroatoms. The summed E-state index contributed by atoms with van der Waals surface area (Å²) in [5, 5.41) is 5.81. The number of hydrogen-bond donors (Lipinski definition) is 1. The van der Waals surface area contributed by atoms with Crippen LogP contribution >= 0.6 is 0 Å². The number of fused-ring (bicyclic) bond motifs is 1. The first-order valence-electron chi connectivity index (χ1n) is 3.79. The largest absolute Gasteiger partial charge is 0.560 e. The number of aromatic nitrogens is 2. The molecule has 0 aliphatic rings. The molecule has 0 bridgehead atoms. The monoisotopic (exact) mass is 275 g/mol. The van der Waals surface area contributed by atoms with Crippen LogP contribution in [-0.4, -0.2) is 5.10 Å². The zero-order chi connectivity index (χ0) is 10.1. The fourth-order valence-electron chi connectivity index (χ4n) is 1.20. The van der Waals surface area contributed by atoms with Gasteiger partial charge in [0.15, 0.2) is 5.69 Å². The first kappa shape index (κ1) is 11.8. The summed E-state index contributed by atoms with van der Waals surface area (Å²) in [6, 6.07) is 4.30. The molecule has 0 unspecified atom stereocenters. The molecule has 1 aromatic carbocycles. The van der Waals surface area contributed by atoms with Crippen molar-refractivity contribution >= 4 is 16.5 Å². The number of H-pyrrole nitrogens is 1. The second-order valence-electron chi connectivity index (χ2n) is 2.70. The summed E-state index contributed by atoms with van der Waals surface area (Å²) in [6.45, 7) is 6.76. The standard InChI is InChI=1S/C9H5N3O2.Y/c1-10-5-2-3-6-7(4-5)9(14)12-11-8(6)13;/h2-4H,(H2,11,12,13,14);/p-1. The smallest absolute Gasteiger partial charge is 0.237 e. The first-order chi connectivity index (χ1) is 6.72. The molecule has 0 spiro atoms. The van der Waals surface area contributed by atoms with E-state index in [4.69, 9.17) is 6.57 Å². The number of nitrogens with zero attached hydrogens (tertiary/aromatic N) is 2. The molecule has 1 heterocycles. The molecule has 0 aliphatic heterocycles. The van der Waals surface area contributed by atoms with Crippen molar-refractivity contribution < 1.29 is 32.7 Å². The Hall–Kier alpha value is -1.25. The van der Waals surface area contributed by atoms with E-state index < -0.39 is 11.1 Å². The van der Waals surface area contributed by atoms with Crippen LogP contribution in [0.15, 0.2) is 27.8 Å². The zero-order valence-corrected chi connectivity index (χ0v) is 10.4. The SMILES string of the molecule is [C-]#[N+]c1ccc2c(=O)[n-][nH]c(=O)c2c1.[Y]. The molecule has 0 saturated carbocycles. The zero-order valence-electron chi connectivity index (χ0n) is 7.52. The molecule has 15 heavy (non-hydrogen) atoms. The maximum atomic E-state index is 11.2. The normalized spacial score (nSPS) is 9.27. The molecule has 1 aromatic heterocycles. The van der Waals surface area contributed by atoms with Crippen LogP contribution in [0.4, 0.5) is 5.69 Å². The van der Waals surface area contributed by atoms with Crippen LogP contribution in [0.5, 0.6) is 0 Å². The van der Waals surface area contributed by atoms with E-state index in [0.717, 1.165) is 0 Å². The van der Waals surface area contributed by atoms with Gasteiger partial charge in [0.2, 0.25) is 5.56 Å². The summed E-state index contributed by atoms with van der Waals surface area (Å²) >= 11 is 0. The van der Waals surface area contributed by atoms with Gasteiger partial charge in [-0.15, -0.1) is 0 Å². The van der Waals surface area contributed by atoms with Gasteiger partial charge in [0.25, 0.3) is 0 Å². The van der Waals surface area contributed by atoms with Crippen molar-refractivity contribution in [1.29, 1.82) is 0 Å². The molecule has 0 saturated heterocycles. The molecule has 0 fully saturated rings. The van der Waals surface area contributed by atoms with Gasteiger partial charge in [-0.2, -0.15) is 0 Å². The van der Waals surface area contributed by atoms with E-state index in [0.29, 0.717) is 5.69 Å². The van der Waals surface area contributed by atoms with Crippen molar-refractivity contribution in [2.24, 2.45) is 0 Å². The maximum absolute atomic E-state index is 11.2. The van der Waals surface area contributed by atoms with Gasteiger partial charge in [0.1, 0.15) is 0 Å². The maximum Gasteiger partial charge on any atom is 0.237 e. The van der Waals surface area contributed by atoms with Crippen LogP contribution in [0, 0.1) is 6.57 Å². The third-order valence-electron chi connectivity index (χ3n) is 1.87. The van der Waals surface area contributed by atoms with E-state index in [1.165, 1.54) is 18.2 Å². The summed E-state index contributed by atoms with van der Waals surface area (Å²) < 4.78 is 0. The Labute approximate surface area is 109 Å². The molecular formula is C9H4N3O2Y-. The van der Waals surface area contributed by atoms with Crippen molar-refractivity contribution in [3.05, 3.63) is 50.3 Å². The summed E-state index contributed by atoms with van der Waals surface area (Å²) in [4.78, 5) is 25.6. The van der Waals surface area contributed by atoms with Crippen LogP contribution in [0.25, 0.3) is 15.6 Å². The fourth-order valence-corrected chi connectivity index (χ4v) is 1.20. The van der Waals surface area contributed by atoms with Crippen molar-refractivity contribution in [2.45, 2.75) is 0 Å². The van der Waals surface area contributed by atoms with Crippen molar-refractivity contribution in [2.75, 3.05) is 0 Å². The molecule has 2 rings (SSSR count). The molecule has 1 N–H and O–H groups in total. The Kier molecular flexibility index (Phi) is 3.56. The molecule has 2 aromatic rings. The molecule has 0 aliphatic carbocycles. The third-order valence-corrected chi connectivity index (χ3v) is 1.87. The van der Waals surface area contributed by atoms with Gasteiger partial charge in [-0.25, -0.2) is 4.85 Å². The Morgan fingerprint density at radius 1 is 1.27 bits per heavy atom. The number of hydrogen-bond acceptors (Lipinski definition) is 2. The van der Waals surface area contributed by atoms with Gasteiger partial charge in [-0.05, 0) is 6.07 Å². The molecule has 71 valence electrons. The van der Waals surface area contributed by atoms with Crippen LogP contribution < -0.4 is 16.2 Å². The molecule has 5 nitrogen and oxygen atoms in total. The second kappa shape index (κ2) is 4.52. The average molecular weight is 275 g/mol.